The van der Waals surface area contributed by atoms with Gasteiger partial charge in [-0.15, -0.1) is 10.2 Å². The van der Waals surface area contributed by atoms with Crippen molar-refractivity contribution in [2.45, 2.75) is 30.0 Å². The molecular weight excluding hydrogens is 585 g/mol. The maximum atomic E-state index is 13.5. The summed E-state index contributed by atoms with van der Waals surface area (Å²) in [5.41, 5.74) is 3.72. The van der Waals surface area contributed by atoms with E-state index in [1.165, 1.54) is 28.8 Å². The number of hydrogen-bond acceptors (Lipinski definition) is 8. The smallest absolute Gasteiger partial charge is 0.301 e. The summed E-state index contributed by atoms with van der Waals surface area (Å²) < 4.78 is 15.6. The van der Waals surface area contributed by atoms with Crippen LogP contribution < -0.4 is 4.90 Å². The maximum absolute atomic E-state index is 13.5. The summed E-state index contributed by atoms with van der Waals surface area (Å²) in [7, 11) is 0. The number of benzene rings is 2. The molecule has 0 bridgehead atoms. The highest BCUT2D eigenvalue weighted by Gasteiger charge is 2.48. The molecule has 1 amide bonds. The minimum absolute atomic E-state index is 0.0998. The monoisotopic (exact) mass is 605 g/mol. The molecule has 2 aromatic carbocycles. The van der Waals surface area contributed by atoms with Crippen molar-refractivity contribution in [1.82, 2.24) is 19.6 Å². The number of aliphatic hydroxyl groups is 1. The highest BCUT2D eigenvalue weighted by atomic mass is 35.5. The van der Waals surface area contributed by atoms with E-state index in [2.05, 4.69) is 15.2 Å². The van der Waals surface area contributed by atoms with Gasteiger partial charge in [-0.05, 0) is 60.9 Å². The molecule has 1 saturated heterocycles. The first-order valence-electron chi connectivity index (χ1n) is 12.4. The molecule has 5 aromatic rings. The van der Waals surface area contributed by atoms with Crippen LogP contribution in [0.3, 0.4) is 0 Å². The zero-order valence-electron chi connectivity index (χ0n) is 21.7. The lowest BCUT2D eigenvalue weighted by Crippen LogP contribution is -2.29. The van der Waals surface area contributed by atoms with Crippen LogP contribution in [0.15, 0.2) is 76.8 Å². The first-order chi connectivity index (χ1) is 19.7. The van der Waals surface area contributed by atoms with E-state index in [9.17, 15) is 19.1 Å². The zero-order valence-corrected chi connectivity index (χ0v) is 24.1. The van der Waals surface area contributed by atoms with Crippen LogP contribution in [0.4, 0.5) is 9.52 Å². The van der Waals surface area contributed by atoms with Gasteiger partial charge in [-0.25, -0.2) is 9.37 Å². The number of carbonyl (C=O) groups excluding carboxylic acids is 2. The summed E-state index contributed by atoms with van der Waals surface area (Å²) in [4.78, 5) is 32.9. The van der Waals surface area contributed by atoms with Crippen molar-refractivity contribution in [3.05, 3.63) is 111 Å². The number of amides is 1. The third-order valence-corrected chi connectivity index (χ3v) is 9.19. The highest BCUT2D eigenvalue weighted by molar-refractivity contribution is 8.00. The average molecular weight is 606 g/mol. The number of halogens is 2. The first-order valence-corrected chi connectivity index (χ1v) is 14.6. The van der Waals surface area contributed by atoms with E-state index in [-0.39, 0.29) is 28.0 Å². The quantitative estimate of drug-likeness (QED) is 0.0774. The molecule has 1 aliphatic rings. The van der Waals surface area contributed by atoms with Gasteiger partial charge < -0.3 is 9.51 Å². The zero-order chi connectivity index (χ0) is 28.8. The first kappa shape index (κ1) is 27.1. The van der Waals surface area contributed by atoms with Crippen molar-refractivity contribution in [3.63, 3.8) is 0 Å². The standard InChI is InChI=1S/C29H21ClFN5O3S2/c1-15-4-3-13-35-16(2)22(32-26(15)35)24(37)21-23(18-7-9-19(30)10-8-18)36(27(39)25(21)38)28-33-34-29(41-28)40-14-17-5-11-20(31)12-6-17/h3-13,23,37H,14H2,1-2H3. The number of fused-ring (bicyclic) bond motifs is 1. The fraction of sp³-hybridized carbons (Fsp3) is 0.138. The van der Waals surface area contributed by atoms with Gasteiger partial charge in [0.1, 0.15) is 17.2 Å². The predicted octanol–water partition coefficient (Wildman–Crippen LogP) is 6.51. The summed E-state index contributed by atoms with van der Waals surface area (Å²) in [5.74, 6) is -1.87. The lowest BCUT2D eigenvalue weighted by Gasteiger charge is -2.22. The largest absolute Gasteiger partial charge is 0.505 e. The minimum atomic E-state index is -0.986. The van der Waals surface area contributed by atoms with Crippen LogP contribution >= 0.6 is 34.7 Å². The Morgan fingerprint density at radius 3 is 2.51 bits per heavy atom. The van der Waals surface area contributed by atoms with Gasteiger partial charge in [0, 0.05) is 17.0 Å². The number of rotatable bonds is 6. The van der Waals surface area contributed by atoms with Crippen molar-refractivity contribution in [2.24, 2.45) is 0 Å². The SMILES string of the molecule is Cc1cccn2c(C)c(C(O)=C3C(=O)C(=O)N(c4nnc(SCc5ccc(F)cc5)s4)C3c3ccc(Cl)cc3)nc12. The average Bonchev–Trinajstić information content (AvgIpc) is 3.64. The number of thioether (sulfide) groups is 1. The fourth-order valence-corrected chi connectivity index (χ4v) is 6.70. The van der Waals surface area contributed by atoms with Crippen molar-refractivity contribution >= 4 is 62.9 Å². The molecule has 12 heteroatoms. The van der Waals surface area contributed by atoms with Crippen molar-refractivity contribution < 1.29 is 19.1 Å². The van der Waals surface area contributed by atoms with Gasteiger partial charge in [0.25, 0.3) is 5.78 Å². The molecule has 8 nitrogen and oxygen atoms in total. The maximum Gasteiger partial charge on any atom is 0.301 e. The van der Waals surface area contributed by atoms with Gasteiger partial charge in [0.15, 0.2) is 10.1 Å². The Bertz CT molecular complexity index is 1850. The molecule has 6 rings (SSSR count). The van der Waals surface area contributed by atoms with Crippen LogP contribution in [0.1, 0.15) is 34.1 Å². The highest BCUT2D eigenvalue weighted by Crippen LogP contribution is 2.44. The molecule has 1 fully saturated rings. The summed E-state index contributed by atoms with van der Waals surface area (Å²) >= 11 is 8.66. The Kier molecular flexibility index (Phi) is 7.10. The summed E-state index contributed by atoms with van der Waals surface area (Å²) in [6, 6.07) is 15.6. The van der Waals surface area contributed by atoms with Gasteiger partial charge in [0.2, 0.25) is 5.13 Å². The van der Waals surface area contributed by atoms with E-state index in [0.717, 1.165) is 22.5 Å². The van der Waals surface area contributed by atoms with Crippen LogP contribution in [0.25, 0.3) is 11.4 Å². The molecule has 1 aliphatic heterocycles. The van der Waals surface area contributed by atoms with Crippen molar-refractivity contribution in [3.8, 4) is 0 Å². The number of carbonyl (C=O) groups is 2. The third-order valence-electron chi connectivity index (χ3n) is 6.82. The van der Waals surface area contributed by atoms with Crippen LogP contribution in [0.5, 0.6) is 0 Å². The second kappa shape index (κ2) is 10.7. The second-order valence-electron chi connectivity index (χ2n) is 9.42. The molecule has 206 valence electrons. The van der Waals surface area contributed by atoms with Crippen molar-refractivity contribution in [1.29, 1.82) is 0 Å². The molecule has 0 spiro atoms. The Hall–Kier alpha value is -4.06. The third kappa shape index (κ3) is 4.90. The molecule has 4 heterocycles. The van der Waals surface area contributed by atoms with E-state index in [4.69, 9.17) is 11.6 Å². The summed E-state index contributed by atoms with van der Waals surface area (Å²) in [5, 5.41) is 20.7. The molecule has 0 saturated carbocycles. The Balaban J connectivity index is 1.43. The Labute approximate surface area is 247 Å². The number of aliphatic hydroxyl groups excluding tert-OH is 1. The van der Waals surface area contributed by atoms with E-state index in [1.807, 2.05) is 29.7 Å². The van der Waals surface area contributed by atoms with Gasteiger partial charge >= 0.3 is 5.91 Å². The van der Waals surface area contributed by atoms with E-state index in [0.29, 0.717) is 32.0 Å². The van der Waals surface area contributed by atoms with Crippen LogP contribution in [-0.4, -0.2) is 36.4 Å². The molecule has 0 radical (unpaired) electrons. The number of nitrogens with zero attached hydrogens (tertiary/aromatic N) is 5. The Morgan fingerprint density at radius 1 is 1.07 bits per heavy atom. The van der Waals surface area contributed by atoms with E-state index < -0.39 is 17.7 Å². The molecule has 0 aliphatic carbocycles. The van der Waals surface area contributed by atoms with Gasteiger partial charge in [-0.2, -0.15) is 0 Å². The number of anilines is 1. The van der Waals surface area contributed by atoms with Gasteiger partial charge in [-0.1, -0.05) is 65.0 Å². The van der Waals surface area contributed by atoms with Crippen LogP contribution in [0.2, 0.25) is 5.02 Å². The van der Waals surface area contributed by atoms with Crippen LogP contribution in [-0.2, 0) is 15.3 Å². The molecule has 1 unspecified atom stereocenters. The number of Topliss-reactive ketones (excluding diaryl/α,β-unsaturated/α-hetero) is 1. The number of hydrogen-bond donors (Lipinski definition) is 1. The predicted molar refractivity (Wildman–Crippen MR) is 157 cm³/mol. The topological polar surface area (TPSA) is 101 Å². The second-order valence-corrected chi connectivity index (χ2v) is 12.0. The lowest BCUT2D eigenvalue weighted by molar-refractivity contribution is -0.132. The summed E-state index contributed by atoms with van der Waals surface area (Å²) in [6.45, 7) is 3.69. The molecular formula is C29H21ClFN5O3S2. The van der Waals surface area contributed by atoms with Gasteiger partial charge in [-0.3, -0.25) is 14.5 Å². The molecule has 1 N–H and O–H groups in total. The fourth-order valence-electron chi connectivity index (χ4n) is 4.75. The van der Waals surface area contributed by atoms with Crippen molar-refractivity contribution in [2.75, 3.05) is 4.90 Å². The van der Waals surface area contributed by atoms with Gasteiger partial charge in [0.05, 0.1) is 17.3 Å². The number of ketones is 1. The number of imidazole rings is 1. The Morgan fingerprint density at radius 2 is 1.80 bits per heavy atom. The summed E-state index contributed by atoms with van der Waals surface area (Å²) in [6.07, 6.45) is 1.82. The van der Waals surface area contributed by atoms with E-state index in [1.54, 1.807) is 43.3 Å². The molecule has 1 atom stereocenters. The number of pyridine rings is 1. The van der Waals surface area contributed by atoms with E-state index >= 15 is 0 Å². The van der Waals surface area contributed by atoms with Crippen LogP contribution in [0, 0.1) is 19.7 Å². The number of aromatic nitrogens is 4. The lowest BCUT2D eigenvalue weighted by atomic mass is 9.96. The minimum Gasteiger partial charge on any atom is -0.505 e. The number of aryl methyl sites for hydroxylation is 2. The molecule has 41 heavy (non-hydrogen) atoms. The normalized spacial score (nSPS) is 16.7. The molecule has 3 aromatic heterocycles.